The van der Waals surface area contributed by atoms with Gasteiger partial charge in [-0.1, -0.05) is 26.2 Å². The first-order chi connectivity index (χ1) is 15.4. The molecule has 2 aromatic heterocycles. The molecule has 3 N–H and O–H groups in total. The number of anilines is 3. The van der Waals surface area contributed by atoms with E-state index in [-0.39, 0.29) is 11.3 Å². The molecule has 2 aliphatic carbocycles. The summed E-state index contributed by atoms with van der Waals surface area (Å²) in [6, 6.07) is 3.96. The Hall–Kier alpha value is -2.64. The minimum Gasteiger partial charge on any atom is -0.481 e. The fourth-order valence-corrected chi connectivity index (χ4v) is 5.61. The molecule has 0 radical (unpaired) electrons. The van der Waals surface area contributed by atoms with Gasteiger partial charge in [0.25, 0.3) is 0 Å². The van der Waals surface area contributed by atoms with Crippen molar-refractivity contribution in [3.63, 3.8) is 0 Å². The fourth-order valence-electron chi connectivity index (χ4n) is 5.61. The minimum atomic E-state index is -0.714. The molecule has 0 amide bonds. The zero-order chi connectivity index (χ0) is 22.3. The lowest BCUT2D eigenvalue weighted by molar-refractivity contribution is -0.143. The molecule has 2 saturated carbocycles. The summed E-state index contributed by atoms with van der Waals surface area (Å²) in [4.78, 5) is 23.6. The van der Waals surface area contributed by atoms with Crippen molar-refractivity contribution in [3.05, 3.63) is 23.5 Å². The Morgan fingerprint density at radius 1 is 1.16 bits per heavy atom. The van der Waals surface area contributed by atoms with Crippen LogP contribution in [-0.4, -0.2) is 44.3 Å². The minimum absolute atomic E-state index is 0.198. The van der Waals surface area contributed by atoms with Crippen molar-refractivity contribution >= 4 is 23.6 Å². The third-order valence-electron chi connectivity index (χ3n) is 7.78. The zero-order valence-electron chi connectivity index (χ0n) is 19.1. The van der Waals surface area contributed by atoms with Gasteiger partial charge in [0.05, 0.1) is 5.92 Å². The van der Waals surface area contributed by atoms with Gasteiger partial charge in [0, 0.05) is 42.5 Å². The number of H-pyrrole nitrogens is 1. The molecule has 3 heterocycles. The van der Waals surface area contributed by atoms with Crippen LogP contribution in [0.4, 0.5) is 17.6 Å². The van der Waals surface area contributed by atoms with Gasteiger partial charge in [-0.15, -0.1) is 0 Å². The summed E-state index contributed by atoms with van der Waals surface area (Å²) in [5.41, 5.74) is 2.22. The van der Waals surface area contributed by atoms with Crippen molar-refractivity contribution in [2.45, 2.75) is 71.1 Å². The van der Waals surface area contributed by atoms with E-state index >= 15 is 0 Å². The second-order valence-electron chi connectivity index (χ2n) is 10.4. The van der Waals surface area contributed by atoms with Crippen molar-refractivity contribution in [3.8, 4) is 0 Å². The van der Waals surface area contributed by atoms with Crippen LogP contribution in [0.5, 0.6) is 0 Å². The van der Waals surface area contributed by atoms with Crippen LogP contribution in [0.1, 0.15) is 75.6 Å². The second kappa shape index (κ2) is 8.37. The molecule has 8 nitrogen and oxygen atoms in total. The molecular weight excluding hydrogens is 404 g/mol. The number of aryl methyl sites for hydroxylation is 1. The van der Waals surface area contributed by atoms with Gasteiger partial charge in [0.15, 0.2) is 5.82 Å². The van der Waals surface area contributed by atoms with Crippen LogP contribution < -0.4 is 10.2 Å². The van der Waals surface area contributed by atoms with Gasteiger partial charge in [-0.05, 0) is 50.4 Å². The van der Waals surface area contributed by atoms with E-state index in [1.807, 2.05) is 13.0 Å². The topological polar surface area (TPSA) is 107 Å². The molecular formula is C24H34N6O2. The first-order valence-corrected chi connectivity index (χ1v) is 12.1. The van der Waals surface area contributed by atoms with Gasteiger partial charge in [-0.2, -0.15) is 10.1 Å². The van der Waals surface area contributed by atoms with Crippen LogP contribution in [0.2, 0.25) is 0 Å². The Labute approximate surface area is 189 Å². The molecule has 172 valence electrons. The van der Waals surface area contributed by atoms with Crippen molar-refractivity contribution in [1.29, 1.82) is 0 Å². The van der Waals surface area contributed by atoms with Crippen LogP contribution in [-0.2, 0) is 4.79 Å². The standard InChI is InChI=1S/C24H34N6O2/c1-15-10-20(26-21-12-19(28-29-21)16-6-7-16)27-23(25-15)30-13-17(22(31)32)11-18(14-30)24(2)8-4-3-5-9-24/h10,12,16-18H,3-9,11,13-14H2,1-2H3,(H,31,32)(H2,25,26,27,28,29)/t17-,18+/m0/s1. The summed E-state index contributed by atoms with van der Waals surface area (Å²) in [5.74, 6) is 1.91. The average molecular weight is 439 g/mol. The van der Waals surface area contributed by atoms with Crippen LogP contribution >= 0.6 is 0 Å². The summed E-state index contributed by atoms with van der Waals surface area (Å²) in [5, 5.41) is 20.7. The monoisotopic (exact) mass is 438 g/mol. The third kappa shape index (κ3) is 4.45. The van der Waals surface area contributed by atoms with Gasteiger partial charge in [0.1, 0.15) is 5.82 Å². The van der Waals surface area contributed by atoms with Gasteiger partial charge in [-0.25, -0.2) is 4.98 Å². The fraction of sp³-hybridized carbons (Fsp3) is 0.667. The largest absolute Gasteiger partial charge is 0.481 e. The third-order valence-corrected chi connectivity index (χ3v) is 7.78. The molecule has 5 rings (SSSR count). The van der Waals surface area contributed by atoms with Crippen molar-refractivity contribution in [1.82, 2.24) is 20.2 Å². The van der Waals surface area contributed by atoms with Crippen molar-refractivity contribution in [2.24, 2.45) is 17.3 Å². The van der Waals surface area contributed by atoms with Gasteiger partial charge in [0.2, 0.25) is 5.95 Å². The number of hydrogen-bond donors (Lipinski definition) is 3. The number of carbonyl (C=O) groups is 1. The molecule has 0 bridgehead atoms. The Morgan fingerprint density at radius 3 is 2.66 bits per heavy atom. The van der Waals surface area contributed by atoms with Crippen LogP contribution in [0.15, 0.2) is 12.1 Å². The lowest BCUT2D eigenvalue weighted by Crippen LogP contribution is -2.49. The van der Waals surface area contributed by atoms with E-state index in [0.717, 1.165) is 24.5 Å². The number of rotatable bonds is 6. The van der Waals surface area contributed by atoms with E-state index in [0.29, 0.717) is 30.1 Å². The first-order valence-electron chi connectivity index (χ1n) is 12.1. The lowest BCUT2D eigenvalue weighted by atomic mass is 9.63. The Kier molecular flexibility index (Phi) is 5.55. The highest BCUT2D eigenvalue weighted by Crippen LogP contribution is 2.47. The molecule has 1 saturated heterocycles. The Balaban J connectivity index is 1.38. The predicted molar refractivity (Wildman–Crippen MR) is 123 cm³/mol. The van der Waals surface area contributed by atoms with Crippen molar-refractivity contribution in [2.75, 3.05) is 23.3 Å². The van der Waals surface area contributed by atoms with E-state index in [4.69, 9.17) is 9.97 Å². The van der Waals surface area contributed by atoms with E-state index in [1.54, 1.807) is 0 Å². The van der Waals surface area contributed by atoms with E-state index in [2.05, 4.69) is 33.4 Å². The Bertz CT molecular complexity index is 979. The molecule has 8 heteroatoms. The van der Waals surface area contributed by atoms with E-state index < -0.39 is 5.97 Å². The van der Waals surface area contributed by atoms with Crippen LogP contribution in [0.25, 0.3) is 0 Å². The predicted octanol–water partition coefficient (Wildman–Crippen LogP) is 4.63. The van der Waals surface area contributed by atoms with Gasteiger partial charge < -0.3 is 15.3 Å². The molecule has 2 aromatic rings. The maximum absolute atomic E-state index is 12.0. The maximum Gasteiger partial charge on any atom is 0.308 e. The number of carboxylic acids is 1. The van der Waals surface area contributed by atoms with Crippen molar-refractivity contribution < 1.29 is 9.90 Å². The average Bonchev–Trinajstić information content (AvgIpc) is 3.53. The molecule has 3 fully saturated rings. The van der Waals surface area contributed by atoms with Gasteiger partial charge >= 0.3 is 5.97 Å². The maximum atomic E-state index is 12.0. The van der Waals surface area contributed by atoms with Crippen LogP contribution in [0, 0.1) is 24.2 Å². The zero-order valence-corrected chi connectivity index (χ0v) is 19.1. The molecule has 0 spiro atoms. The summed E-state index contributed by atoms with van der Waals surface area (Å²) in [7, 11) is 0. The van der Waals surface area contributed by atoms with Crippen LogP contribution in [0.3, 0.4) is 0 Å². The number of piperidine rings is 1. The highest BCUT2D eigenvalue weighted by atomic mass is 16.4. The first kappa shape index (κ1) is 21.2. The lowest BCUT2D eigenvalue weighted by Gasteiger charge is -2.47. The number of nitrogens with zero attached hydrogens (tertiary/aromatic N) is 4. The number of carboxylic acid groups (broad SMARTS) is 1. The highest BCUT2D eigenvalue weighted by molar-refractivity contribution is 5.71. The summed E-state index contributed by atoms with van der Waals surface area (Å²) in [6.45, 7) is 5.59. The smallest absolute Gasteiger partial charge is 0.308 e. The number of nitrogens with one attached hydrogen (secondary N) is 2. The summed E-state index contributed by atoms with van der Waals surface area (Å²) >= 11 is 0. The number of aromatic amines is 1. The highest BCUT2D eigenvalue weighted by Gasteiger charge is 2.42. The number of hydrogen-bond acceptors (Lipinski definition) is 6. The summed E-state index contributed by atoms with van der Waals surface area (Å²) < 4.78 is 0. The van der Waals surface area contributed by atoms with E-state index in [9.17, 15) is 9.90 Å². The normalized spacial score (nSPS) is 25.5. The molecule has 3 aliphatic rings. The molecule has 32 heavy (non-hydrogen) atoms. The number of aromatic nitrogens is 4. The molecule has 0 aromatic carbocycles. The second-order valence-corrected chi connectivity index (χ2v) is 10.4. The SMILES string of the molecule is Cc1cc(Nc2cc(C3CC3)[nH]n2)nc(N2C[C@@H](C(=O)O)C[C@@H](C3(C)CCCCC3)C2)n1. The molecule has 1 aliphatic heterocycles. The quantitative estimate of drug-likeness (QED) is 0.604. The number of aliphatic carboxylic acids is 1. The molecule has 2 atom stereocenters. The Morgan fingerprint density at radius 2 is 1.94 bits per heavy atom. The summed E-state index contributed by atoms with van der Waals surface area (Å²) in [6.07, 6.45) is 9.33. The van der Waals surface area contributed by atoms with E-state index in [1.165, 1.54) is 50.6 Å². The molecule has 0 unspecified atom stereocenters. The van der Waals surface area contributed by atoms with Gasteiger partial charge in [-0.3, -0.25) is 9.89 Å².